The van der Waals surface area contributed by atoms with Crippen molar-refractivity contribution in [2.24, 2.45) is 0 Å². The monoisotopic (exact) mass is 366 g/mol. The molecule has 0 radical (unpaired) electrons. The van der Waals surface area contributed by atoms with Crippen LogP contribution in [-0.2, 0) is 6.42 Å². The number of benzene rings is 3. The molecule has 0 bridgehead atoms. The molecule has 140 valence electrons. The lowest BCUT2D eigenvalue weighted by Crippen LogP contribution is -2.39. The molecule has 0 aliphatic carbocycles. The maximum Gasteiger partial charge on any atom is 0.280 e. The minimum absolute atomic E-state index is 0.0635. The predicted molar refractivity (Wildman–Crippen MR) is 105 cm³/mol. The fraction of sp³-hybridized carbons (Fsp3) is 0.238. The van der Waals surface area contributed by atoms with E-state index < -0.39 is 6.04 Å². The number of rotatable bonds is 8. The van der Waals surface area contributed by atoms with Crippen molar-refractivity contribution < 1.29 is 15.1 Å². The van der Waals surface area contributed by atoms with Crippen molar-refractivity contribution in [3.63, 3.8) is 0 Å². The molecule has 6 nitrogen and oxygen atoms in total. The van der Waals surface area contributed by atoms with Crippen LogP contribution in [0.5, 0.6) is 0 Å². The Morgan fingerprint density at radius 3 is 2.30 bits per heavy atom. The molecule has 0 aliphatic rings. The van der Waals surface area contributed by atoms with Gasteiger partial charge in [-0.15, -0.1) is 0 Å². The van der Waals surface area contributed by atoms with Crippen LogP contribution in [0, 0.1) is 10.1 Å². The van der Waals surface area contributed by atoms with E-state index in [9.17, 15) is 20.3 Å². The molecule has 0 heterocycles. The van der Waals surface area contributed by atoms with E-state index in [0.29, 0.717) is 10.9 Å². The quantitative estimate of drug-likeness (QED) is 0.421. The number of hydrogen-bond acceptors (Lipinski definition) is 5. The molecule has 0 spiro atoms. The highest BCUT2D eigenvalue weighted by molar-refractivity contribution is 5.92. The number of hydrogen-bond donors (Lipinski definition) is 3. The Balaban J connectivity index is 1.88. The summed E-state index contributed by atoms with van der Waals surface area (Å²) in [6.07, 6.45) is 0.279. The van der Waals surface area contributed by atoms with Crippen molar-refractivity contribution in [2.45, 2.75) is 18.5 Å². The van der Waals surface area contributed by atoms with E-state index in [4.69, 9.17) is 0 Å². The number of nitro benzene ring substituents is 1. The van der Waals surface area contributed by atoms with Crippen molar-refractivity contribution >= 4 is 16.5 Å². The van der Waals surface area contributed by atoms with Gasteiger partial charge >= 0.3 is 0 Å². The van der Waals surface area contributed by atoms with E-state index in [-0.39, 0.29) is 36.3 Å². The van der Waals surface area contributed by atoms with Gasteiger partial charge in [0.25, 0.3) is 5.69 Å². The summed E-state index contributed by atoms with van der Waals surface area (Å²) in [4.78, 5) is 11.3. The molecule has 6 heteroatoms. The molecule has 27 heavy (non-hydrogen) atoms. The van der Waals surface area contributed by atoms with Crippen LogP contribution in [0.1, 0.15) is 17.2 Å². The summed E-state index contributed by atoms with van der Waals surface area (Å²) in [5.41, 5.74) is 1.51. The number of nitrogens with zero attached hydrogens (tertiary/aromatic N) is 1. The topological polar surface area (TPSA) is 95.6 Å². The summed E-state index contributed by atoms with van der Waals surface area (Å²) in [5, 5.41) is 35.8. The molecule has 2 atom stereocenters. The second-order valence-electron chi connectivity index (χ2n) is 6.45. The fourth-order valence-electron chi connectivity index (χ4n) is 3.35. The first-order chi connectivity index (χ1) is 13.1. The predicted octanol–water partition coefficient (Wildman–Crippen LogP) is 2.97. The van der Waals surface area contributed by atoms with Crippen LogP contribution < -0.4 is 5.32 Å². The maximum atomic E-state index is 11.7. The molecular formula is C21H22N2O4. The molecule has 3 aromatic rings. The number of fused-ring (bicyclic) bond motifs is 1. The van der Waals surface area contributed by atoms with Crippen molar-refractivity contribution in [1.82, 2.24) is 5.32 Å². The molecule has 0 saturated heterocycles. The molecule has 0 aliphatic heterocycles. The molecule has 0 amide bonds. The summed E-state index contributed by atoms with van der Waals surface area (Å²) in [6, 6.07) is 19.4. The molecule has 0 fully saturated rings. The van der Waals surface area contributed by atoms with Crippen LogP contribution in [0.2, 0.25) is 0 Å². The van der Waals surface area contributed by atoms with Gasteiger partial charge in [0, 0.05) is 11.6 Å². The van der Waals surface area contributed by atoms with Crippen LogP contribution in [0.15, 0.2) is 66.7 Å². The van der Waals surface area contributed by atoms with E-state index in [1.807, 2.05) is 48.5 Å². The highest BCUT2D eigenvalue weighted by Gasteiger charge is 2.23. The van der Waals surface area contributed by atoms with Gasteiger partial charge in [0.2, 0.25) is 0 Å². The summed E-state index contributed by atoms with van der Waals surface area (Å²) >= 11 is 0. The zero-order valence-electron chi connectivity index (χ0n) is 14.8. The zero-order chi connectivity index (χ0) is 19.2. The summed E-state index contributed by atoms with van der Waals surface area (Å²) in [5.74, 6) is 0. The summed E-state index contributed by atoms with van der Waals surface area (Å²) in [6.45, 7) is -0.340. The van der Waals surface area contributed by atoms with Gasteiger partial charge in [0.15, 0.2) is 0 Å². The molecule has 3 N–H and O–H groups in total. The Labute approximate surface area is 157 Å². The molecule has 0 unspecified atom stereocenters. The van der Waals surface area contributed by atoms with Crippen molar-refractivity contribution in [3.8, 4) is 0 Å². The third-order valence-electron chi connectivity index (χ3n) is 4.67. The second kappa shape index (κ2) is 8.73. The normalized spacial score (nSPS) is 13.4. The standard InChI is InChI=1S/C21H22N2O4/c24-13-18(22-20(14-25)16-7-2-1-3-8-16)12-17-11-10-15-6-4-5-9-19(15)21(17)23(26)27/h1-11,18,20,22,24-25H,12-14H2/t18-,20-/m0/s1. The smallest absolute Gasteiger partial charge is 0.280 e. The lowest BCUT2D eigenvalue weighted by atomic mass is 9.98. The largest absolute Gasteiger partial charge is 0.395 e. The summed E-state index contributed by atoms with van der Waals surface area (Å²) in [7, 11) is 0. The van der Waals surface area contributed by atoms with Gasteiger partial charge in [-0.25, -0.2) is 0 Å². The SMILES string of the molecule is O=[N+]([O-])c1c(C[C@@H](CO)N[C@@H](CO)c2ccccc2)ccc2ccccc12. The first-order valence-electron chi connectivity index (χ1n) is 8.81. The number of nitro groups is 1. The lowest BCUT2D eigenvalue weighted by Gasteiger charge is -2.24. The average molecular weight is 366 g/mol. The van der Waals surface area contributed by atoms with E-state index >= 15 is 0 Å². The van der Waals surface area contributed by atoms with Crippen LogP contribution >= 0.6 is 0 Å². The highest BCUT2D eigenvalue weighted by atomic mass is 16.6. The van der Waals surface area contributed by atoms with Gasteiger partial charge in [-0.3, -0.25) is 10.1 Å². The van der Waals surface area contributed by atoms with Crippen LogP contribution in [0.4, 0.5) is 5.69 Å². The average Bonchev–Trinajstić information content (AvgIpc) is 2.71. The highest BCUT2D eigenvalue weighted by Crippen LogP contribution is 2.30. The minimum atomic E-state index is -0.429. The van der Waals surface area contributed by atoms with Gasteiger partial charge in [0.05, 0.1) is 29.6 Å². The van der Waals surface area contributed by atoms with Crippen molar-refractivity contribution in [1.29, 1.82) is 0 Å². The third-order valence-corrected chi connectivity index (χ3v) is 4.67. The van der Waals surface area contributed by atoms with Crippen LogP contribution in [0.3, 0.4) is 0 Å². The Bertz CT molecular complexity index is 914. The lowest BCUT2D eigenvalue weighted by molar-refractivity contribution is -0.383. The van der Waals surface area contributed by atoms with Gasteiger partial charge in [0.1, 0.15) is 0 Å². The van der Waals surface area contributed by atoms with E-state index in [1.54, 1.807) is 18.2 Å². The van der Waals surface area contributed by atoms with E-state index in [2.05, 4.69) is 5.32 Å². The van der Waals surface area contributed by atoms with Gasteiger partial charge in [-0.05, 0) is 23.4 Å². The minimum Gasteiger partial charge on any atom is -0.395 e. The Kier molecular flexibility index (Phi) is 6.13. The number of aliphatic hydroxyl groups excluding tert-OH is 2. The van der Waals surface area contributed by atoms with Crippen LogP contribution in [-0.4, -0.2) is 34.4 Å². The van der Waals surface area contributed by atoms with Crippen molar-refractivity contribution in [2.75, 3.05) is 13.2 Å². The van der Waals surface area contributed by atoms with Gasteiger partial charge in [-0.1, -0.05) is 60.7 Å². The van der Waals surface area contributed by atoms with Gasteiger partial charge < -0.3 is 15.5 Å². The fourth-order valence-corrected chi connectivity index (χ4v) is 3.35. The maximum absolute atomic E-state index is 11.7. The van der Waals surface area contributed by atoms with Crippen molar-refractivity contribution in [3.05, 3.63) is 88.0 Å². The molecular weight excluding hydrogens is 344 g/mol. The molecule has 3 aromatic carbocycles. The van der Waals surface area contributed by atoms with E-state index in [1.165, 1.54) is 0 Å². The van der Waals surface area contributed by atoms with Gasteiger partial charge in [-0.2, -0.15) is 0 Å². The molecule has 3 rings (SSSR count). The number of aliphatic hydroxyl groups is 2. The Morgan fingerprint density at radius 1 is 0.926 bits per heavy atom. The third kappa shape index (κ3) is 4.31. The summed E-state index contributed by atoms with van der Waals surface area (Å²) < 4.78 is 0. The number of nitrogens with one attached hydrogen (secondary N) is 1. The van der Waals surface area contributed by atoms with Crippen LogP contribution in [0.25, 0.3) is 10.8 Å². The molecule has 0 saturated carbocycles. The molecule has 0 aromatic heterocycles. The Hall–Kier alpha value is -2.80. The first-order valence-corrected chi connectivity index (χ1v) is 8.81. The zero-order valence-corrected chi connectivity index (χ0v) is 14.8. The first kappa shape index (κ1) is 19.0. The van der Waals surface area contributed by atoms with E-state index in [0.717, 1.165) is 10.9 Å². The Morgan fingerprint density at radius 2 is 1.63 bits per heavy atom. The second-order valence-corrected chi connectivity index (χ2v) is 6.45.